The highest BCUT2D eigenvalue weighted by Gasteiger charge is 2.17. The van der Waals surface area contributed by atoms with Gasteiger partial charge >= 0.3 is 0 Å². The molecule has 0 spiro atoms. The third kappa shape index (κ3) is 2.32. The zero-order chi connectivity index (χ0) is 16.7. The standard InChI is InChI=1S/C18H14N4OS/c1-11-17(24-18(20-11)12-4-3-6-19-9-12)16-14-5-7-22(2)15(14)8-13(10-23)21-16/h3-10H,1-2H3. The van der Waals surface area contributed by atoms with Gasteiger partial charge in [-0.25, -0.2) is 9.97 Å². The first-order valence-electron chi connectivity index (χ1n) is 7.47. The SMILES string of the molecule is Cc1nc(-c2cccnc2)sc1-c1nc(C=O)cc2c1ccn2C. The van der Waals surface area contributed by atoms with Crippen LogP contribution in [0.3, 0.4) is 0 Å². The number of aldehydes is 1. The summed E-state index contributed by atoms with van der Waals surface area (Å²) in [4.78, 5) is 25.6. The van der Waals surface area contributed by atoms with Crippen molar-refractivity contribution in [1.29, 1.82) is 0 Å². The van der Waals surface area contributed by atoms with E-state index in [9.17, 15) is 4.79 Å². The minimum Gasteiger partial charge on any atom is -0.350 e. The lowest BCUT2D eigenvalue weighted by Gasteiger charge is -2.04. The van der Waals surface area contributed by atoms with Crippen molar-refractivity contribution in [1.82, 2.24) is 19.5 Å². The number of nitrogens with zero attached hydrogens (tertiary/aromatic N) is 4. The Hall–Kier alpha value is -2.86. The van der Waals surface area contributed by atoms with Gasteiger partial charge in [-0.05, 0) is 31.2 Å². The highest BCUT2D eigenvalue weighted by molar-refractivity contribution is 7.18. The predicted molar refractivity (Wildman–Crippen MR) is 95.2 cm³/mol. The molecule has 0 aliphatic heterocycles. The zero-order valence-electron chi connectivity index (χ0n) is 13.2. The Morgan fingerprint density at radius 3 is 2.88 bits per heavy atom. The van der Waals surface area contributed by atoms with E-state index in [4.69, 9.17) is 0 Å². The number of hydrogen-bond donors (Lipinski definition) is 0. The molecular formula is C18H14N4OS. The van der Waals surface area contributed by atoms with E-state index in [1.807, 2.05) is 49.0 Å². The summed E-state index contributed by atoms with van der Waals surface area (Å²) in [5.74, 6) is 0. The van der Waals surface area contributed by atoms with Crippen LogP contribution in [-0.2, 0) is 7.05 Å². The number of carbonyl (C=O) groups excluding carboxylic acids is 1. The van der Waals surface area contributed by atoms with Gasteiger partial charge in [-0.2, -0.15) is 0 Å². The fourth-order valence-corrected chi connectivity index (χ4v) is 3.81. The summed E-state index contributed by atoms with van der Waals surface area (Å²) in [6, 6.07) is 7.72. The largest absolute Gasteiger partial charge is 0.350 e. The Balaban J connectivity index is 1.95. The molecule has 0 amide bonds. The second-order valence-electron chi connectivity index (χ2n) is 5.55. The highest BCUT2D eigenvalue weighted by atomic mass is 32.1. The van der Waals surface area contributed by atoms with Crippen LogP contribution in [0.1, 0.15) is 16.2 Å². The van der Waals surface area contributed by atoms with E-state index in [1.165, 1.54) is 0 Å². The van der Waals surface area contributed by atoms with Gasteiger partial charge in [-0.1, -0.05) is 0 Å². The first-order valence-corrected chi connectivity index (χ1v) is 8.28. The maximum Gasteiger partial charge on any atom is 0.168 e. The van der Waals surface area contributed by atoms with E-state index in [-0.39, 0.29) is 0 Å². The van der Waals surface area contributed by atoms with E-state index >= 15 is 0 Å². The third-order valence-corrected chi connectivity index (χ3v) is 5.16. The minimum absolute atomic E-state index is 0.426. The van der Waals surface area contributed by atoms with Gasteiger partial charge in [-0.15, -0.1) is 11.3 Å². The number of carbonyl (C=O) groups is 1. The lowest BCUT2D eigenvalue weighted by Crippen LogP contribution is -1.94. The van der Waals surface area contributed by atoms with Crippen LogP contribution in [0.5, 0.6) is 0 Å². The molecule has 0 unspecified atom stereocenters. The van der Waals surface area contributed by atoms with Crippen LogP contribution in [0.2, 0.25) is 0 Å². The summed E-state index contributed by atoms with van der Waals surface area (Å²) in [5, 5.41) is 1.92. The predicted octanol–water partition coefficient (Wildman–Crippen LogP) is 3.88. The van der Waals surface area contributed by atoms with Gasteiger partial charge in [0.25, 0.3) is 0 Å². The summed E-state index contributed by atoms with van der Waals surface area (Å²) >= 11 is 1.57. The Morgan fingerprint density at radius 1 is 1.25 bits per heavy atom. The van der Waals surface area contributed by atoms with Gasteiger partial charge in [-0.3, -0.25) is 9.78 Å². The number of aromatic nitrogens is 4. The van der Waals surface area contributed by atoms with Crippen molar-refractivity contribution in [2.24, 2.45) is 7.05 Å². The van der Waals surface area contributed by atoms with Crippen LogP contribution in [0, 0.1) is 6.92 Å². The molecule has 0 saturated heterocycles. The number of fused-ring (bicyclic) bond motifs is 1. The molecule has 4 aromatic rings. The van der Waals surface area contributed by atoms with E-state index < -0.39 is 0 Å². The molecular weight excluding hydrogens is 320 g/mol. The Bertz CT molecular complexity index is 1050. The fraction of sp³-hybridized carbons (Fsp3) is 0.111. The summed E-state index contributed by atoms with van der Waals surface area (Å²) in [6.07, 6.45) is 6.31. The maximum atomic E-state index is 11.3. The zero-order valence-corrected chi connectivity index (χ0v) is 14.0. The molecule has 0 fully saturated rings. The molecule has 4 heterocycles. The summed E-state index contributed by atoms with van der Waals surface area (Å²) < 4.78 is 1.99. The Kier molecular flexibility index (Phi) is 3.46. The summed E-state index contributed by atoms with van der Waals surface area (Å²) in [5.41, 5.74) is 4.10. The number of thiazole rings is 1. The smallest absolute Gasteiger partial charge is 0.168 e. The number of hydrogen-bond acceptors (Lipinski definition) is 5. The van der Waals surface area contributed by atoms with Crippen LogP contribution in [0.4, 0.5) is 0 Å². The van der Waals surface area contributed by atoms with Gasteiger partial charge in [0.15, 0.2) is 6.29 Å². The molecule has 0 saturated carbocycles. The van der Waals surface area contributed by atoms with Crippen LogP contribution < -0.4 is 0 Å². The summed E-state index contributed by atoms with van der Waals surface area (Å²) in [6.45, 7) is 1.97. The van der Waals surface area contributed by atoms with Crippen LogP contribution in [-0.4, -0.2) is 25.8 Å². The van der Waals surface area contributed by atoms with Crippen molar-refractivity contribution >= 4 is 28.5 Å². The third-order valence-electron chi connectivity index (χ3n) is 3.94. The molecule has 24 heavy (non-hydrogen) atoms. The minimum atomic E-state index is 0.426. The Morgan fingerprint density at radius 2 is 2.12 bits per heavy atom. The van der Waals surface area contributed by atoms with Gasteiger partial charge < -0.3 is 4.57 Å². The van der Waals surface area contributed by atoms with Crippen molar-refractivity contribution in [2.45, 2.75) is 6.92 Å². The topological polar surface area (TPSA) is 60.7 Å². The van der Waals surface area contributed by atoms with E-state index in [0.29, 0.717) is 5.69 Å². The molecule has 0 aromatic carbocycles. The number of aryl methyl sites for hydroxylation is 2. The molecule has 4 aromatic heterocycles. The maximum absolute atomic E-state index is 11.3. The van der Waals surface area contributed by atoms with Crippen LogP contribution in [0.25, 0.3) is 32.0 Å². The van der Waals surface area contributed by atoms with Gasteiger partial charge in [0, 0.05) is 36.6 Å². The lowest BCUT2D eigenvalue weighted by atomic mass is 10.1. The molecule has 0 bridgehead atoms. The monoisotopic (exact) mass is 334 g/mol. The second kappa shape index (κ2) is 5.65. The molecule has 0 N–H and O–H groups in total. The molecule has 0 aliphatic carbocycles. The quantitative estimate of drug-likeness (QED) is 0.534. The van der Waals surface area contributed by atoms with Crippen LogP contribution in [0.15, 0.2) is 42.9 Å². The normalized spacial score (nSPS) is 11.1. The average Bonchev–Trinajstić information content (AvgIpc) is 3.18. The van der Waals surface area contributed by atoms with Crippen molar-refractivity contribution < 1.29 is 4.79 Å². The van der Waals surface area contributed by atoms with E-state index in [2.05, 4.69) is 15.0 Å². The molecule has 6 heteroatoms. The van der Waals surface area contributed by atoms with E-state index in [1.54, 1.807) is 23.7 Å². The van der Waals surface area contributed by atoms with Crippen molar-refractivity contribution in [2.75, 3.05) is 0 Å². The Labute approximate surface area is 142 Å². The van der Waals surface area contributed by atoms with Crippen molar-refractivity contribution in [3.05, 3.63) is 54.2 Å². The molecule has 0 radical (unpaired) electrons. The number of pyridine rings is 2. The van der Waals surface area contributed by atoms with Crippen LogP contribution >= 0.6 is 11.3 Å². The first kappa shape index (κ1) is 14.7. The van der Waals surface area contributed by atoms with Crippen molar-refractivity contribution in [3.63, 3.8) is 0 Å². The van der Waals surface area contributed by atoms with Gasteiger partial charge in [0.2, 0.25) is 0 Å². The summed E-state index contributed by atoms with van der Waals surface area (Å²) in [7, 11) is 1.96. The first-order chi connectivity index (χ1) is 11.7. The molecule has 0 aliphatic rings. The molecule has 4 rings (SSSR count). The van der Waals surface area contributed by atoms with Gasteiger partial charge in [0.1, 0.15) is 10.7 Å². The highest BCUT2D eigenvalue weighted by Crippen LogP contribution is 2.37. The number of rotatable bonds is 3. The van der Waals surface area contributed by atoms with E-state index in [0.717, 1.165) is 44.0 Å². The molecule has 118 valence electrons. The average molecular weight is 334 g/mol. The molecule has 0 atom stereocenters. The van der Waals surface area contributed by atoms with Gasteiger partial charge in [0.05, 0.1) is 21.8 Å². The molecule has 5 nitrogen and oxygen atoms in total. The van der Waals surface area contributed by atoms with Crippen molar-refractivity contribution in [3.8, 4) is 21.1 Å². The fourth-order valence-electron chi connectivity index (χ4n) is 2.75. The second-order valence-corrected chi connectivity index (χ2v) is 6.55. The lowest BCUT2D eigenvalue weighted by molar-refractivity contribution is 0.111.